The van der Waals surface area contributed by atoms with E-state index in [1.165, 1.54) is 0 Å². The molecule has 0 unspecified atom stereocenters. The number of nitrogens with one attached hydrogen (secondary N) is 1. The number of rotatable bonds is 5. The number of sulfone groups is 1. The number of likely N-dealkylation sites (N-methyl/N-ethyl adjacent to an activating group) is 1. The normalized spacial score (nSPS) is 16.1. The van der Waals surface area contributed by atoms with Gasteiger partial charge in [-0.25, -0.2) is 8.42 Å². The summed E-state index contributed by atoms with van der Waals surface area (Å²) in [7, 11) is -2.19. The van der Waals surface area contributed by atoms with Gasteiger partial charge >= 0.3 is 0 Å². The Bertz CT molecular complexity index is 1390. The second kappa shape index (κ2) is 7.55. The number of aryl methyl sites for hydroxylation is 1. The molecule has 5 rings (SSSR count). The van der Waals surface area contributed by atoms with E-state index < -0.39 is 9.84 Å². The zero-order valence-corrected chi connectivity index (χ0v) is 18.1. The maximum absolute atomic E-state index is 13.8. The Balaban J connectivity index is 1.72. The molecule has 160 valence electrons. The molecule has 0 spiro atoms. The van der Waals surface area contributed by atoms with Crippen molar-refractivity contribution >= 4 is 31.5 Å². The predicted octanol–water partition coefficient (Wildman–Crippen LogP) is 3.31. The zero-order chi connectivity index (χ0) is 21.6. The summed E-state index contributed by atoms with van der Waals surface area (Å²) in [5.74, 6) is 0.959. The highest BCUT2D eigenvalue weighted by Gasteiger charge is 2.32. The molecule has 0 amide bonds. The lowest BCUT2D eigenvalue weighted by Gasteiger charge is -2.27. The molecular weight excluding hydrogens is 414 g/mol. The fraction of sp³-hybridized carbons (Fsp3) is 0.261. The molecule has 0 fully saturated rings. The van der Waals surface area contributed by atoms with Crippen molar-refractivity contribution in [2.45, 2.75) is 22.9 Å². The Morgan fingerprint density at radius 1 is 1.13 bits per heavy atom. The average molecular weight is 438 g/mol. The molecule has 7 nitrogen and oxygen atoms in total. The first-order valence-corrected chi connectivity index (χ1v) is 11.7. The highest BCUT2D eigenvalue weighted by molar-refractivity contribution is 7.91. The molecule has 1 aromatic heterocycles. The van der Waals surface area contributed by atoms with Crippen molar-refractivity contribution in [1.29, 1.82) is 0 Å². The van der Waals surface area contributed by atoms with Crippen LogP contribution in [-0.4, -0.2) is 44.0 Å². The predicted molar refractivity (Wildman–Crippen MR) is 119 cm³/mol. The van der Waals surface area contributed by atoms with Gasteiger partial charge in [0.25, 0.3) is 0 Å². The molecule has 4 aromatic rings. The smallest absolute Gasteiger partial charge is 0.227 e. The van der Waals surface area contributed by atoms with Crippen molar-refractivity contribution in [3.63, 3.8) is 0 Å². The van der Waals surface area contributed by atoms with Gasteiger partial charge in [-0.1, -0.05) is 43.3 Å². The van der Waals surface area contributed by atoms with E-state index in [-0.39, 0.29) is 16.0 Å². The fourth-order valence-corrected chi connectivity index (χ4v) is 5.65. The van der Waals surface area contributed by atoms with Gasteiger partial charge in [0.05, 0.1) is 15.8 Å². The number of nitrogens with zero attached hydrogens (tertiary/aromatic N) is 2. The Labute approximate surface area is 180 Å². The standard InChI is InChI=1S/C23H23N3O4S/c1-3-24-13-16-14-29-19-12-11-18-21(22(19)30-16)23(25-26(18)2)31(27,28)20-10-6-8-15-7-4-5-9-17(15)20/h4-12,16,24H,3,13-14H2,1-2H3/t16-/m0/s1. The number of hydrogen-bond acceptors (Lipinski definition) is 6. The van der Waals surface area contributed by atoms with E-state index in [0.717, 1.165) is 11.9 Å². The molecule has 0 aliphatic carbocycles. The minimum absolute atomic E-state index is 0.0223. The van der Waals surface area contributed by atoms with Gasteiger partial charge in [-0.15, -0.1) is 0 Å². The monoisotopic (exact) mass is 437 g/mol. The van der Waals surface area contributed by atoms with Crippen LogP contribution in [0.4, 0.5) is 0 Å². The van der Waals surface area contributed by atoms with Crippen LogP contribution in [0.1, 0.15) is 6.92 Å². The second-order valence-electron chi connectivity index (χ2n) is 7.55. The van der Waals surface area contributed by atoms with Crippen LogP contribution in [0.5, 0.6) is 11.5 Å². The van der Waals surface area contributed by atoms with Crippen LogP contribution >= 0.6 is 0 Å². The third-order valence-corrected chi connectivity index (χ3v) is 7.26. The summed E-state index contributed by atoms with van der Waals surface area (Å²) in [6.45, 7) is 3.84. The molecule has 1 aliphatic heterocycles. The summed E-state index contributed by atoms with van der Waals surface area (Å²) in [6, 6.07) is 16.3. The summed E-state index contributed by atoms with van der Waals surface area (Å²) < 4.78 is 41.3. The molecule has 1 atom stereocenters. The maximum atomic E-state index is 13.8. The van der Waals surface area contributed by atoms with E-state index >= 15 is 0 Å². The SMILES string of the molecule is CCNC[C@H]1COc2ccc3c(c(S(=O)(=O)c4cccc5ccccc45)nn3C)c2O1. The summed E-state index contributed by atoms with van der Waals surface area (Å²) in [5.41, 5.74) is 0.672. The van der Waals surface area contributed by atoms with Gasteiger partial charge in [0.15, 0.2) is 16.5 Å². The number of fused-ring (bicyclic) bond motifs is 4. The second-order valence-corrected chi connectivity index (χ2v) is 9.39. The van der Waals surface area contributed by atoms with Crippen LogP contribution in [0.25, 0.3) is 21.7 Å². The van der Waals surface area contributed by atoms with Crippen LogP contribution in [-0.2, 0) is 16.9 Å². The first-order chi connectivity index (χ1) is 15.0. The van der Waals surface area contributed by atoms with Crippen molar-refractivity contribution < 1.29 is 17.9 Å². The van der Waals surface area contributed by atoms with Gasteiger partial charge in [-0.05, 0) is 30.1 Å². The molecule has 0 saturated carbocycles. The van der Waals surface area contributed by atoms with E-state index in [2.05, 4.69) is 10.4 Å². The first-order valence-electron chi connectivity index (χ1n) is 10.2. The zero-order valence-electron chi connectivity index (χ0n) is 17.3. The van der Waals surface area contributed by atoms with Crippen molar-refractivity contribution in [2.75, 3.05) is 19.7 Å². The van der Waals surface area contributed by atoms with Crippen LogP contribution in [0, 0.1) is 0 Å². The quantitative estimate of drug-likeness (QED) is 0.516. The van der Waals surface area contributed by atoms with Gasteiger partial charge < -0.3 is 14.8 Å². The van der Waals surface area contributed by atoms with Crippen LogP contribution in [0.15, 0.2) is 64.5 Å². The average Bonchev–Trinajstić information content (AvgIpc) is 3.15. The lowest BCUT2D eigenvalue weighted by Crippen LogP contribution is -2.38. The van der Waals surface area contributed by atoms with E-state index in [1.54, 1.807) is 29.9 Å². The highest BCUT2D eigenvalue weighted by atomic mass is 32.2. The van der Waals surface area contributed by atoms with Crippen molar-refractivity contribution in [3.05, 3.63) is 54.6 Å². The van der Waals surface area contributed by atoms with Gasteiger partial charge in [0.2, 0.25) is 9.84 Å². The van der Waals surface area contributed by atoms with Crippen LogP contribution in [0.3, 0.4) is 0 Å². The highest BCUT2D eigenvalue weighted by Crippen LogP contribution is 2.43. The summed E-state index contributed by atoms with van der Waals surface area (Å²) in [4.78, 5) is 0.226. The van der Waals surface area contributed by atoms with Crippen LogP contribution in [0.2, 0.25) is 0 Å². The third kappa shape index (κ3) is 3.23. The first kappa shape index (κ1) is 19.8. The van der Waals surface area contributed by atoms with Gasteiger partial charge in [-0.3, -0.25) is 4.68 Å². The molecule has 1 aliphatic rings. The lowest BCUT2D eigenvalue weighted by molar-refractivity contribution is 0.0927. The number of ether oxygens (including phenoxy) is 2. The van der Waals surface area contributed by atoms with E-state index in [4.69, 9.17) is 9.47 Å². The largest absolute Gasteiger partial charge is 0.486 e. The van der Waals surface area contributed by atoms with Gasteiger partial charge in [0, 0.05) is 19.0 Å². The molecule has 2 heterocycles. The van der Waals surface area contributed by atoms with Crippen molar-refractivity contribution in [1.82, 2.24) is 15.1 Å². The molecule has 8 heteroatoms. The summed E-state index contributed by atoms with van der Waals surface area (Å²) in [5, 5.41) is 9.62. The van der Waals surface area contributed by atoms with Gasteiger partial charge in [-0.2, -0.15) is 5.10 Å². The molecule has 31 heavy (non-hydrogen) atoms. The Morgan fingerprint density at radius 2 is 1.94 bits per heavy atom. The van der Waals surface area contributed by atoms with Gasteiger partial charge in [0.1, 0.15) is 12.7 Å². The minimum Gasteiger partial charge on any atom is -0.486 e. The Hall–Kier alpha value is -3.10. The van der Waals surface area contributed by atoms with Crippen molar-refractivity contribution in [3.8, 4) is 11.5 Å². The van der Waals surface area contributed by atoms with E-state index in [9.17, 15) is 8.42 Å². The molecule has 0 saturated heterocycles. The minimum atomic E-state index is -3.92. The topological polar surface area (TPSA) is 82.5 Å². The summed E-state index contributed by atoms with van der Waals surface area (Å²) >= 11 is 0. The van der Waals surface area contributed by atoms with Crippen LogP contribution < -0.4 is 14.8 Å². The molecular formula is C23H23N3O4S. The number of benzene rings is 3. The fourth-order valence-electron chi connectivity index (χ4n) is 4.01. The Morgan fingerprint density at radius 3 is 2.77 bits per heavy atom. The summed E-state index contributed by atoms with van der Waals surface area (Å²) in [6.07, 6.45) is -0.216. The van der Waals surface area contributed by atoms with E-state index in [0.29, 0.717) is 40.9 Å². The Kier molecular flexibility index (Phi) is 4.83. The maximum Gasteiger partial charge on any atom is 0.227 e. The molecule has 3 aromatic carbocycles. The number of aromatic nitrogens is 2. The molecule has 0 radical (unpaired) electrons. The lowest BCUT2D eigenvalue weighted by atomic mass is 10.1. The number of hydrogen-bond donors (Lipinski definition) is 1. The molecule has 0 bridgehead atoms. The molecule has 1 N–H and O–H groups in total. The van der Waals surface area contributed by atoms with Crippen molar-refractivity contribution in [2.24, 2.45) is 7.05 Å². The third-order valence-electron chi connectivity index (χ3n) is 5.53. The van der Waals surface area contributed by atoms with E-state index in [1.807, 2.05) is 43.3 Å².